The maximum atomic E-state index is 12.9. The zero-order valence-corrected chi connectivity index (χ0v) is 18.6. The molecule has 7 nitrogen and oxygen atoms in total. The van der Waals surface area contributed by atoms with Crippen molar-refractivity contribution in [3.05, 3.63) is 66.2 Å². The number of hydrogen-bond acceptors (Lipinski definition) is 6. The summed E-state index contributed by atoms with van der Waals surface area (Å²) in [5.41, 5.74) is 1.23. The fourth-order valence-corrected chi connectivity index (χ4v) is 5.94. The molecule has 2 aromatic carbocycles. The Morgan fingerprint density at radius 2 is 1.55 bits per heavy atom. The SMILES string of the molecule is CC(=O)O[C@@H]1CN(Cc2ccccc2)C[C@H]1N1CCN(S(=O)(=O)c2ccccc2)CC1. The summed E-state index contributed by atoms with van der Waals surface area (Å²) in [5, 5.41) is 0. The van der Waals surface area contributed by atoms with E-state index in [1.165, 1.54) is 12.5 Å². The first kappa shape index (κ1) is 22.0. The van der Waals surface area contributed by atoms with Crippen molar-refractivity contribution in [3.63, 3.8) is 0 Å². The smallest absolute Gasteiger partial charge is 0.303 e. The van der Waals surface area contributed by atoms with Crippen molar-refractivity contribution in [2.45, 2.75) is 30.5 Å². The van der Waals surface area contributed by atoms with Gasteiger partial charge in [-0.05, 0) is 17.7 Å². The largest absolute Gasteiger partial charge is 0.459 e. The molecule has 2 saturated heterocycles. The minimum Gasteiger partial charge on any atom is -0.459 e. The highest BCUT2D eigenvalue weighted by Crippen LogP contribution is 2.24. The van der Waals surface area contributed by atoms with E-state index in [2.05, 4.69) is 21.9 Å². The number of esters is 1. The molecule has 0 spiro atoms. The predicted octanol–water partition coefficient (Wildman–Crippen LogP) is 1.81. The number of likely N-dealkylation sites (tertiary alicyclic amines) is 1. The molecule has 0 saturated carbocycles. The van der Waals surface area contributed by atoms with E-state index in [1.807, 2.05) is 24.3 Å². The van der Waals surface area contributed by atoms with Crippen LogP contribution in [-0.4, -0.2) is 79.9 Å². The van der Waals surface area contributed by atoms with Gasteiger partial charge in [0.15, 0.2) is 0 Å². The van der Waals surface area contributed by atoms with Gasteiger partial charge in [-0.3, -0.25) is 14.6 Å². The molecular formula is C23H29N3O4S. The van der Waals surface area contributed by atoms with E-state index >= 15 is 0 Å². The zero-order valence-electron chi connectivity index (χ0n) is 17.8. The third kappa shape index (κ3) is 5.15. The highest BCUT2D eigenvalue weighted by atomic mass is 32.2. The van der Waals surface area contributed by atoms with Crippen molar-refractivity contribution in [2.75, 3.05) is 39.3 Å². The number of piperazine rings is 1. The Labute approximate surface area is 184 Å². The van der Waals surface area contributed by atoms with Gasteiger partial charge in [-0.25, -0.2) is 8.42 Å². The molecule has 0 aromatic heterocycles. The van der Waals surface area contributed by atoms with Gasteiger partial charge < -0.3 is 4.74 Å². The normalized spacial score (nSPS) is 23.6. The number of hydrogen-bond donors (Lipinski definition) is 0. The van der Waals surface area contributed by atoms with Crippen molar-refractivity contribution in [1.29, 1.82) is 0 Å². The van der Waals surface area contributed by atoms with Crippen LogP contribution in [0.15, 0.2) is 65.6 Å². The maximum absolute atomic E-state index is 12.9. The van der Waals surface area contributed by atoms with Gasteiger partial charge >= 0.3 is 5.97 Å². The van der Waals surface area contributed by atoms with Crippen LogP contribution >= 0.6 is 0 Å². The number of nitrogens with zero attached hydrogens (tertiary/aromatic N) is 3. The molecule has 0 radical (unpaired) electrons. The van der Waals surface area contributed by atoms with E-state index in [9.17, 15) is 13.2 Å². The Bertz CT molecular complexity index is 976. The number of benzene rings is 2. The van der Waals surface area contributed by atoms with Gasteiger partial charge in [-0.15, -0.1) is 0 Å². The van der Waals surface area contributed by atoms with Crippen molar-refractivity contribution in [1.82, 2.24) is 14.1 Å². The molecular weight excluding hydrogens is 414 g/mol. The summed E-state index contributed by atoms with van der Waals surface area (Å²) >= 11 is 0. The first-order chi connectivity index (χ1) is 14.9. The van der Waals surface area contributed by atoms with E-state index in [4.69, 9.17) is 4.74 Å². The third-order valence-corrected chi connectivity index (χ3v) is 7.92. The molecule has 2 aliphatic heterocycles. The molecule has 2 aromatic rings. The second-order valence-corrected chi connectivity index (χ2v) is 10.1. The quantitative estimate of drug-likeness (QED) is 0.635. The minimum absolute atomic E-state index is 0.0641. The molecule has 2 fully saturated rings. The highest BCUT2D eigenvalue weighted by molar-refractivity contribution is 7.89. The molecule has 0 bridgehead atoms. The molecule has 2 heterocycles. The van der Waals surface area contributed by atoms with Gasteiger partial charge in [0, 0.05) is 52.7 Å². The van der Waals surface area contributed by atoms with Gasteiger partial charge in [-0.2, -0.15) is 4.31 Å². The topological polar surface area (TPSA) is 70.2 Å². The average Bonchev–Trinajstić information content (AvgIpc) is 3.16. The standard InChI is InChI=1S/C23H29N3O4S/c1-19(27)30-23-18-24(16-20-8-4-2-5-9-20)17-22(23)25-12-14-26(15-13-25)31(28,29)21-10-6-3-7-11-21/h2-11,22-23H,12-18H2,1H3/t22-,23-/m1/s1. The van der Waals surface area contributed by atoms with Crippen molar-refractivity contribution in [2.24, 2.45) is 0 Å². The summed E-state index contributed by atoms with van der Waals surface area (Å²) in [4.78, 5) is 16.6. The van der Waals surface area contributed by atoms with Crippen LogP contribution in [0, 0.1) is 0 Å². The maximum Gasteiger partial charge on any atom is 0.303 e. The number of carbonyl (C=O) groups excluding carboxylic acids is 1. The molecule has 2 aliphatic rings. The van der Waals surface area contributed by atoms with Gasteiger partial charge in [0.2, 0.25) is 10.0 Å². The van der Waals surface area contributed by atoms with E-state index in [0.29, 0.717) is 37.6 Å². The lowest BCUT2D eigenvalue weighted by molar-refractivity contribution is -0.148. The molecule has 31 heavy (non-hydrogen) atoms. The minimum atomic E-state index is -3.48. The molecule has 4 rings (SSSR count). The summed E-state index contributed by atoms with van der Waals surface area (Å²) in [6, 6.07) is 18.9. The van der Waals surface area contributed by atoms with Crippen molar-refractivity contribution in [3.8, 4) is 0 Å². The van der Waals surface area contributed by atoms with Crippen LogP contribution < -0.4 is 0 Å². The first-order valence-electron chi connectivity index (χ1n) is 10.7. The molecule has 0 aliphatic carbocycles. The van der Waals surface area contributed by atoms with Crippen LogP contribution in [0.3, 0.4) is 0 Å². The Morgan fingerprint density at radius 1 is 0.935 bits per heavy atom. The van der Waals surface area contributed by atoms with Crippen molar-refractivity contribution < 1.29 is 17.9 Å². The lowest BCUT2D eigenvalue weighted by Crippen LogP contribution is -2.55. The molecule has 0 amide bonds. The average molecular weight is 444 g/mol. The van der Waals surface area contributed by atoms with E-state index in [-0.39, 0.29) is 18.1 Å². The van der Waals surface area contributed by atoms with Crippen LogP contribution in [0.4, 0.5) is 0 Å². The van der Waals surface area contributed by atoms with Crippen molar-refractivity contribution >= 4 is 16.0 Å². The Balaban J connectivity index is 1.41. The van der Waals surface area contributed by atoms with Crippen LogP contribution in [0.2, 0.25) is 0 Å². The Morgan fingerprint density at radius 3 is 2.16 bits per heavy atom. The van der Waals surface area contributed by atoms with Crippen LogP contribution in [0.1, 0.15) is 12.5 Å². The van der Waals surface area contributed by atoms with E-state index in [1.54, 1.807) is 28.6 Å². The van der Waals surface area contributed by atoms with Gasteiger partial charge in [-0.1, -0.05) is 48.5 Å². The second-order valence-electron chi connectivity index (χ2n) is 8.15. The Hall–Kier alpha value is -2.26. The monoisotopic (exact) mass is 443 g/mol. The predicted molar refractivity (Wildman–Crippen MR) is 118 cm³/mol. The van der Waals surface area contributed by atoms with Gasteiger partial charge in [0.25, 0.3) is 0 Å². The summed E-state index contributed by atoms with van der Waals surface area (Å²) in [5.74, 6) is -0.276. The number of ether oxygens (including phenoxy) is 1. The van der Waals surface area contributed by atoms with Crippen LogP contribution in [-0.2, 0) is 26.1 Å². The summed E-state index contributed by atoms with van der Waals surface area (Å²) in [6.07, 6.45) is -0.210. The van der Waals surface area contributed by atoms with Crippen LogP contribution in [0.5, 0.6) is 0 Å². The summed E-state index contributed by atoms with van der Waals surface area (Å²) in [7, 11) is -3.48. The first-order valence-corrected chi connectivity index (χ1v) is 12.1. The highest BCUT2D eigenvalue weighted by Gasteiger charge is 2.41. The summed E-state index contributed by atoms with van der Waals surface area (Å²) < 4.78 is 33.0. The lowest BCUT2D eigenvalue weighted by atomic mass is 10.1. The zero-order chi connectivity index (χ0) is 21.8. The Kier molecular flexibility index (Phi) is 6.71. The fraction of sp³-hybridized carbons (Fsp3) is 0.435. The van der Waals surface area contributed by atoms with E-state index in [0.717, 1.165) is 13.1 Å². The van der Waals surface area contributed by atoms with Crippen LogP contribution in [0.25, 0.3) is 0 Å². The second kappa shape index (κ2) is 9.48. The molecule has 2 atom stereocenters. The molecule has 0 unspecified atom stereocenters. The van der Waals surface area contributed by atoms with Gasteiger partial charge in [0.05, 0.1) is 10.9 Å². The fourth-order valence-electron chi connectivity index (χ4n) is 4.50. The number of sulfonamides is 1. The number of carbonyl (C=O) groups is 1. The summed E-state index contributed by atoms with van der Waals surface area (Å²) in [6.45, 7) is 5.82. The molecule has 166 valence electrons. The third-order valence-electron chi connectivity index (χ3n) is 6.00. The molecule has 8 heteroatoms. The van der Waals surface area contributed by atoms with E-state index < -0.39 is 10.0 Å². The number of rotatable bonds is 6. The molecule has 0 N–H and O–H groups in total. The van der Waals surface area contributed by atoms with Gasteiger partial charge in [0.1, 0.15) is 6.10 Å². The lowest BCUT2D eigenvalue weighted by Gasteiger charge is -2.38.